The average Bonchev–Trinajstić information content (AvgIpc) is 3.78. The van der Waals surface area contributed by atoms with Gasteiger partial charge in [-0.15, -0.1) is 0 Å². The van der Waals surface area contributed by atoms with E-state index in [0.717, 1.165) is 11.1 Å². The Kier molecular flexibility index (Phi) is 10.6. The Bertz CT molecular complexity index is 1990. The summed E-state index contributed by atoms with van der Waals surface area (Å²) >= 11 is 12.3. The molecule has 0 amide bonds. The molecule has 0 saturated heterocycles. The molecule has 0 aliphatic rings. The fraction of sp³-hybridized carbons (Fsp3) is 0.167. The summed E-state index contributed by atoms with van der Waals surface area (Å²) in [7, 11) is 0. The van der Waals surface area contributed by atoms with E-state index in [0.29, 0.717) is 18.2 Å². The Morgan fingerprint density at radius 1 is 0.735 bits per heavy atom. The second-order valence-corrected chi connectivity index (χ2v) is 10.8. The van der Waals surface area contributed by atoms with Crippen LogP contribution < -0.4 is 10.6 Å². The third-order valence-electron chi connectivity index (χ3n) is 6.40. The van der Waals surface area contributed by atoms with Gasteiger partial charge in [-0.05, 0) is 42.3 Å². The number of halogens is 8. The van der Waals surface area contributed by atoms with Gasteiger partial charge in [-0.2, -0.15) is 36.3 Å². The monoisotopic (exact) mass is 723 g/mol. The van der Waals surface area contributed by atoms with E-state index in [2.05, 4.69) is 54.9 Å². The van der Waals surface area contributed by atoms with Crippen molar-refractivity contribution in [1.29, 1.82) is 0 Å². The van der Waals surface area contributed by atoms with Gasteiger partial charge in [-0.1, -0.05) is 63.8 Å². The molecule has 0 saturated carbocycles. The topological polar surface area (TPSA) is 141 Å². The van der Waals surface area contributed by atoms with Gasteiger partial charge in [0.25, 0.3) is 0 Å². The van der Waals surface area contributed by atoms with Crippen LogP contribution >= 0.6 is 23.2 Å². The SMILES string of the molecule is CC(Nc1ncc(-c2noc(C(F)(F)F)n2)cc1Cl)c1ccccc1.FC(F)(F)c1nc(-c2cnc(NCc3ccncc3)c(Cl)c2)no1. The molecule has 6 rings (SSSR count). The lowest BCUT2D eigenvalue weighted by Crippen LogP contribution is -2.08. The summed E-state index contributed by atoms with van der Waals surface area (Å²) < 4.78 is 83.3. The van der Waals surface area contributed by atoms with Crippen LogP contribution in [0.15, 0.2) is 88.4 Å². The molecule has 1 aromatic carbocycles. The van der Waals surface area contributed by atoms with Crippen molar-refractivity contribution < 1.29 is 35.4 Å². The van der Waals surface area contributed by atoms with Crippen LogP contribution in [0.5, 0.6) is 0 Å². The number of nitrogens with one attached hydrogen (secondary N) is 2. The van der Waals surface area contributed by atoms with Crippen molar-refractivity contribution in [3.8, 4) is 22.8 Å². The van der Waals surface area contributed by atoms with Gasteiger partial charge in [-0.25, -0.2) is 9.97 Å². The molecule has 0 radical (unpaired) electrons. The molecule has 0 spiro atoms. The lowest BCUT2D eigenvalue weighted by Gasteiger charge is -2.16. The first-order valence-electron chi connectivity index (χ1n) is 13.9. The summed E-state index contributed by atoms with van der Waals surface area (Å²) in [6, 6.07) is 16.1. The second-order valence-electron chi connectivity index (χ2n) is 9.94. The predicted molar refractivity (Wildman–Crippen MR) is 165 cm³/mol. The zero-order valence-electron chi connectivity index (χ0n) is 24.8. The summed E-state index contributed by atoms with van der Waals surface area (Å²) in [4.78, 5) is 18.7. The average molecular weight is 724 g/mol. The van der Waals surface area contributed by atoms with E-state index in [4.69, 9.17) is 23.2 Å². The summed E-state index contributed by atoms with van der Waals surface area (Å²) in [5.41, 5.74) is 2.45. The Morgan fingerprint density at radius 3 is 1.71 bits per heavy atom. The van der Waals surface area contributed by atoms with Gasteiger partial charge < -0.3 is 19.7 Å². The summed E-state index contributed by atoms with van der Waals surface area (Å²) in [5, 5.41) is 13.2. The molecule has 0 bridgehead atoms. The Morgan fingerprint density at radius 2 is 1.24 bits per heavy atom. The highest BCUT2D eigenvalue weighted by atomic mass is 35.5. The van der Waals surface area contributed by atoms with Gasteiger partial charge in [0.2, 0.25) is 11.6 Å². The van der Waals surface area contributed by atoms with Gasteiger partial charge in [0.1, 0.15) is 11.6 Å². The molecule has 5 aromatic heterocycles. The molecule has 1 unspecified atom stereocenters. The number of aromatic nitrogens is 7. The molecule has 1 atom stereocenters. The third kappa shape index (κ3) is 9.20. The zero-order valence-corrected chi connectivity index (χ0v) is 26.3. The first-order valence-corrected chi connectivity index (χ1v) is 14.6. The van der Waals surface area contributed by atoms with Crippen molar-refractivity contribution in [2.45, 2.75) is 31.9 Å². The number of hydrogen-bond acceptors (Lipinski definition) is 11. The minimum atomic E-state index is -4.70. The molecular formula is C30H21Cl2F6N9O2. The van der Waals surface area contributed by atoms with Crippen LogP contribution in [0.1, 0.15) is 35.9 Å². The molecule has 254 valence electrons. The third-order valence-corrected chi connectivity index (χ3v) is 6.97. The molecule has 0 fully saturated rings. The lowest BCUT2D eigenvalue weighted by molar-refractivity contribution is -0.160. The van der Waals surface area contributed by atoms with Crippen molar-refractivity contribution in [2.24, 2.45) is 0 Å². The fourth-order valence-corrected chi connectivity index (χ4v) is 4.44. The molecule has 0 aliphatic carbocycles. The van der Waals surface area contributed by atoms with Crippen LogP contribution in [-0.2, 0) is 18.9 Å². The van der Waals surface area contributed by atoms with Crippen molar-refractivity contribution >= 4 is 34.8 Å². The molecule has 0 aliphatic heterocycles. The molecular weight excluding hydrogens is 703 g/mol. The fourth-order valence-electron chi connectivity index (χ4n) is 3.98. The van der Waals surface area contributed by atoms with E-state index >= 15 is 0 Å². The van der Waals surface area contributed by atoms with E-state index in [9.17, 15) is 26.3 Å². The van der Waals surface area contributed by atoms with E-state index in [1.807, 2.05) is 49.4 Å². The Hall–Kier alpha value is -5.29. The minimum Gasteiger partial charge on any atom is -0.365 e. The van der Waals surface area contributed by atoms with Gasteiger partial charge >= 0.3 is 24.1 Å². The maximum atomic E-state index is 12.5. The predicted octanol–water partition coefficient (Wildman–Crippen LogP) is 8.79. The number of rotatable bonds is 8. The number of benzene rings is 1. The lowest BCUT2D eigenvalue weighted by atomic mass is 10.1. The van der Waals surface area contributed by atoms with E-state index in [1.165, 1.54) is 24.5 Å². The second kappa shape index (κ2) is 14.9. The number of nitrogens with zero attached hydrogens (tertiary/aromatic N) is 7. The van der Waals surface area contributed by atoms with Crippen LogP contribution in [0.2, 0.25) is 10.0 Å². The standard InChI is InChI=1S/C16H12ClF3N4O.C14H9ClF3N5O/c1-9(10-5-3-2-4-6-10)22-14-12(17)7-11(8-21-14)13-23-15(25-24-13)16(18,19)20;15-10-5-9(11-22-13(24-23-11)14(16,17)18)7-21-12(10)20-6-8-1-3-19-4-2-8/h2-9H,1H3,(H,21,22);1-5,7H,6H2,(H,20,21). The summed E-state index contributed by atoms with van der Waals surface area (Å²) in [5.74, 6) is -2.52. The normalized spacial score (nSPS) is 12.2. The molecule has 49 heavy (non-hydrogen) atoms. The van der Waals surface area contributed by atoms with E-state index < -0.39 is 24.1 Å². The molecule has 5 heterocycles. The van der Waals surface area contributed by atoms with Gasteiger partial charge in [0.05, 0.1) is 10.0 Å². The van der Waals surface area contributed by atoms with Gasteiger partial charge in [-0.3, -0.25) is 4.98 Å². The van der Waals surface area contributed by atoms with Crippen LogP contribution in [0.25, 0.3) is 22.8 Å². The first kappa shape index (κ1) is 35.0. The summed E-state index contributed by atoms with van der Waals surface area (Å²) in [6.07, 6.45) is -3.44. The van der Waals surface area contributed by atoms with Crippen molar-refractivity contribution in [3.63, 3.8) is 0 Å². The maximum absolute atomic E-state index is 12.5. The van der Waals surface area contributed by atoms with Crippen LogP contribution in [0.4, 0.5) is 38.0 Å². The van der Waals surface area contributed by atoms with E-state index in [1.54, 1.807) is 12.4 Å². The van der Waals surface area contributed by atoms with Crippen molar-refractivity contribution in [3.05, 3.63) is 112 Å². The number of anilines is 2. The highest BCUT2D eigenvalue weighted by Crippen LogP contribution is 2.33. The van der Waals surface area contributed by atoms with Gasteiger partial charge in [0, 0.05) is 48.5 Å². The van der Waals surface area contributed by atoms with Gasteiger partial charge in [0.15, 0.2) is 0 Å². The quantitative estimate of drug-likeness (QED) is 0.146. The van der Waals surface area contributed by atoms with Crippen LogP contribution in [-0.4, -0.2) is 35.2 Å². The van der Waals surface area contributed by atoms with Crippen molar-refractivity contribution in [1.82, 2.24) is 35.2 Å². The number of alkyl halides is 6. The Balaban J connectivity index is 0.000000191. The van der Waals surface area contributed by atoms with Crippen LogP contribution in [0.3, 0.4) is 0 Å². The number of hydrogen-bond donors (Lipinski definition) is 2. The minimum absolute atomic E-state index is 0.0564. The smallest absolute Gasteiger partial charge is 0.365 e. The highest BCUT2D eigenvalue weighted by Gasteiger charge is 2.39. The molecule has 2 N–H and O–H groups in total. The van der Waals surface area contributed by atoms with Crippen molar-refractivity contribution in [2.75, 3.05) is 10.6 Å². The molecule has 11 nitrogen and oxygen atoms in total. The maximum Gasteiger partial charge on any atom is 0.471 e. The van der Waals surface area contributed by atoms with Crippen LogP contribution in [0, 0.1) is 0 Å². The Labute approximate surface area is 282 Å². The molecule has 6 aromatic rings. The number of pyridine rings is 3. The van der Waals surface area contributed by atoms with E-state index in [-0.39, 0.29) is 38.9 Å². The highest BCUT2D eigenvalue weighted by molar-refractivity contribution is 6.33. The zero-order chi connectivity index (χ0) is 35.2. The largest absolute Gasteiger partial charge is 0.471 e. The molecule has 19 heteroatoms. The summed E-state index contributed by atoms with van der Waals surface area (Å²) in [6.45, 7) is 2.41. The first-order chi connectivity index (χ1) is 23.3.